The molecular weight excluding hydrogens is 304 g/mol. The molecule has 4 aromatic rings. The fourth-order valence-corrected chi connectivity index (χ4v) is 3.08. The standard InChI is InChI=1S/C23H18N2/c1-3-9-18(10-4-1)20-13-7-15-24-22(20)17-23-21(14-8-16-25-23)19-11-5-2-6-12-19/h1-16H,17H2. The number of hydrogen-bond donors (Lipinski definition) is 0. The van der Waals surface area contributed by atoms with Crippen molar-refractivity contribution >= 4 is 0 Å². The normalized spacial score (nSPS) is 10.6. The molecule has 0 bridgehead atoms. The first-order valence-corrected chi connectivity index (χ1v) is 8.40. The molecular formula is C23H18N2. The summed E-state index contributed by atoms with van der Waals surface area (Å²) >= 11 is 0. The van der Waals surface area contributed by atoms with E-state index >= 15 is 0 Å². The van der Waals surface area contributed by atoms with Crippen molar-refractivity contribution in [2.24, 2.45) is 0 Å². The molecule has 0 fully saturated rings. The first-order chi connectivity index (χ1) is 12.4. The van der Waals surface area contributed by atoms with Gasteiger partial charge in [-0.15, -0.1) is 0 Å². The van der Waals surface area contributed by atoms with Crippen LogP contribution in [0, 0.1) is 0 Å². The maximum absolute atomic E-state index is 4.65. The Bertz CT molecular complexity index is 882. The molecule has 2 nitrogen and oxygen atoms in total. The van der Waals surface area contributed by atoms with E-state index < -0.39 is 0 Å². The predicted molar refractivity (Wildman–Crippen MR) is 102 cm³/mol. The van der Waals surface area contributed by atoms with Crippen molar-refractivity contribution in [3.8, 4) is 22.3 Å². The average molecular weight is 322 g/mol. The van der Waals surface area contributed by atoms with Crippen LogP contribution in [0.1, 0.15) is 11.4 Å². The third-order valence-corrected chi connectivity index (χ3v) is 4.28. The van der Waals surface area contributed by atoms with Crippen molar-refractivity contribution in [2.45, 2.75) is 6.42 Å². The predicted octanol–water partition coefficient (Wildman–Crippen LogP) is 5.40. The maximum Gasteiger partial charge on any atom is 0.0541 e. The van der Waals surface area contributed by atoms with E-state index in [1.807, 2.05) is 36.7 Å². The van der Waals surface area contributed by atoms with Gasteiger partial charge < -0.3 is 0 Å². The van der Waals surface area contributed by atoms with Gasteiger partial charge in [-0.1, -0.05) is 72.8 Å². The number of hydrogen-bond acceptors (Lipinski definition) is 2. The number of aromatic nitrogens is 2. The minimum Gasteiger partial charge on any atom is -0.260 e. The summed E-state index contributed by atoms with van der Waals surface area (Å²) in [7, 11) is 0. The second-order valence-corrected chi connectivity index (χ2v) is 5.90. The lowest BCUT2D eigenvalue weighted by Gasteiger charge is -2.11. The Morgan fingerprint density at radius 2 is 0.920 bits per heavy atom. The molecule has 0 atom stereocenters. The highest BCUT2D eigenvalue weighted by Crippen LogP contribution is 2.27. The van der Waals surface area contributed by atoms with Crippen LogP contribution in [0.3, 0.4) is 0 Å². The second kappa shape index (κ2) is 7.10. The van der Waals surface area contributed by atoms with Crippen LogP contribution in [-0.4, -0.2) is 9.97 Å². The molecule has 0 unspecified atom stereocenters. The lowest BCUT2D eigenvalue weighted by molar-refractivity contribution is 1.02. The molecule has 0 amide bonds. The fraction of sp³-hybridized carbons (Fsp3) is 0.0435. The van der Waals surface area contributed by atoms with Gasteiger partial charge in [0.1, 0.15) is 0 Å². The fourth-order valence-electron chi connectivity index (χ4n) is 3.08. The van der Waals surface area contributed by atoms with E-state index in [1.165, 1.54) is 11.1 Å². The maximum atomic E-state index is 4.65. The van der Waals surface area contributed by atoms with E-state index in [9.17, 15) is 0 Å². The zero-order chi connectivity index (χ0) is 16.9. The number of pyridine rings is 2. The minimum absolute atomic E-state index is 0.704. The van der Waals surface area contributed by atoms with Crippen LogP contribution in [-0.2, 0) is 6.42 Å². The van der Waals surface area contributed by atoms with Crippen LogP contribution in [0.5, 0.6) is 0 Å². The van der Waals surface area contributed by atoms with Crippen LogP contribution in [0.15, 0.2) is 97.3 Å². The van der Waals surface area contributed by atoms with Gasteiger partial charge in [0.05, 0.1) is 11.4 Å². The van der Waals surface area contributed by atoms with E-state index in [-0.39, 0.29) is 0 Å². The third-order valence-electron chi connectivity index (χ3n) is 4.28. The molecule has 2 aromatic carbocycles. The largest absolute Gasteiger partial charge is 0.260 e. The van der Waals surface area contributed by atoms with E-state index in [4.69, 9.17) is 0 Å². The molecule has 0 aliphatic rings. The Balaban J connectivity index is 1.76. The summed E-state index contributed by atoms with van der Waals surface area (Å²) in [6.45, 7) is 0. The summed E-state index contributed by atoms with van der Waals surface area (Å²) in [6, 6.07) is 29.0. The number of rotatable bonds is 4. The first kappa shape index (κ1) is 15.3. The lowest BCUT2D eigenvalue weighted by atomic mass is 9.97. The number of benzene rings is 2. The molecule has 0 aliphatic carbocycles. The highest BCUT2D eigenvalue weighted by Gasteiger charge is 2.11. The van der Waals surface area contributed by atoms with Crippen molar-refractivity contribution in [3.05, 3.63) is 109 Å². The summed E-state index contributed by atoms with van der Waals surface area (Å²) in [6.07, 6.45) is 4.41. The van der Waals surface area contributed by atoms with E-state index in [1.54, 1.807) is 0 Å². The van der Waals surface area contributed by atoms with Gasteiger partial charge in [-0.3, -0.25) is 9.97 Å². The number of nitrogens with zero attached hydrogens (tertiary/aromatic N) is 2. The van der Waals surface area contributed by atoms with Crippen molar-refractivity contribution in [3.63, 3.8) is 0 Å². The Morgan fingerprint density at radius 1 is 0.480 bits per heavy atom. The van der Waals surface area contributed by atoms with E-state index in [2.05, 4.69) is 70.6 Å². The first-order valence-electron chi connectivity index (χ1n) is 8.40. The zero-order valence-electron chi connectivity index (χ0n) is 13.8. The Morgan fingerprint density at radius 3 is 1.36 bits per heavy atom. The van der Waals surface area contributed by atoms with Gasteiger partial charge in [0.25, 0.3) is 0 Å². The SMILES string of the molecule is c1ccc(-c2cccnc2Cc2ncccc2-c2ccccc2)cc1. The molecule has 120 valence electrons. The molecule has 0 radical (unpaired) electrons. The van der Waals surface area contributed by atoms with Crippen LogP contribution in [0.2, 0.25) is 0 Å². The van der Waals surface area contributed by atoms with Gasteiger partial charge in [0, 0.05) is 29.9 Å². The van der Waals surface area contributed by atoms with Crippen molar-refractivity contribution in [1.29, 1.82) is 0 Å². The average Bonchev–Trinajstić information content (AvgIpc) is 2.70. The second-order valence-electron chi connectivity index (χ2n) is 5.90. The monoisotopic (exact) mass is 322 g/mol. The van der Waals surface area contributed by atoms with Gasteiger partial charge in [-0.05, 0) is 23.3 Å². The Hall–Kier alpha value is -3.26. The Kier molecular flexibility index (Phi) is 4.34. The molecule has 2 aromatic heterocycles. The van der Waals surface area contributed by atoms with Gasteiger partial charge in [-0.25, -0.2) is 0 Å². The van der Waals surface area contributed by atoms with Crippen molar-refractivity contribution < 1.29 is 0 Å². The van der Waals surface area contributed by atoms with Crippen LogP contribution >= 0.6 is 0 Å². The summed E-state index contributed by atoms with van der Waals surface area (Å²) in [5, 5.41) is 0. The Labute approximate surface area is 147 Å². The van der Waals surface area contributed by atoms with Crippen molar-refractivity contribution in [2.75, 3.05) is 0 Å². The molecule has 2 heterocycles. The van der Waals surface area contributed by atoms with Crippen LogP contribution in [0.25, 0.3) is 22.3 Å². The molecule has 4 rings (SSSR count). The molecule has 0 aliphatic heterocycles. The summed E-state index contributed by atoms with van der Waals surface area (Å²) in [4.78, 5) is 9.29. The van der Waals surface area contributed by atoms with E-state index in [0.717, 1.165) is 22.5 Å². The molecule has 0 saturated heterocycles. The molecule has 25 heavy (non-hydrogen) atoms. The molecule has 0 N–H and O–H groups in total. The smallest absolute Gasteiger partial charge is 0.0541 e. The van der Waals surface area contributed by atoms with Gasteiger partial charge >= 0.3 is 0 Å². The van der Waals surface area contributed by atoms with Crippen LogP contribution in [0.4, 0.5) is 0 Å². The molecule has 2 heteroatoms. The van der Waals surface area contributed by atoms with Crippen LogP contribution < -0.4 is 0 Å². The highest BCUT2D eigenvalue weighted by atomic mass is 14.7. The highest BCUT2D eigenvalue weighted by molar-refractivity contribution is 5.69. The minimum atomic E-state index is 0.704. The molecule has 0 spiro atoms. The van der Waals surface area contributed by atoms with E-state index in [0.29, 0.717) is 6.42 Å². The van der Waals surface area contributed by atoms with Crippen molar-refractivity contribution in [1.82, 2.24) is 9.97 Å². The van der Waals surface area contributed by atoms with Gasteiger partial charge in [0.15, 0.2) is 0 Å². The quantitative estimate of drug-likeness (QED) is 0.502. The van der Waals surface area contributed by atoms with Gasteiger partial charge in [0.2, 0.25) is 0 Å². The lowest BCUT2D eigenvalue weighted by Crippen LogP contribution is -2.00. The summed E-state index contributed by atoms with van der Waals surface area (Å²) in [5.41, 5.74) is 6.78. The van der Waals surface area contributed by atoms with Gasteiger partial charge in [-0.2, -0.15) is 0 Å². The molecule has 0 saturated carbocycles. The summed E-state index contributed by atoms with van der Waals surface area (Å²) < 4.78 is 0. The summed E-state index contributed by atoms with van der Waals surface area (Å²) in [5.74, 6) is 0. The third kappa shape index (κ3) is 3.33. The topological polar surface area (TPSA) is 25.8 Å². The zero-order valence-corrected chi connectivity index (χ0v) is 13.8.